The first-order valence-corrected chi connectivity index (χ1v) is 4.81. The lowest BCUT2D eigenvalue weighted by Gasteiger charge is -2.12. The van der Waals surface area contributed by atoms with Crippen LogP contribution in [0.5, 0.6) is 11.5 Å². The average Bonchev–Trinajstić information content (AvgIpc) is 2.25. The highest BCUT2D eigenvalue weighted by Crippen LogP contribution is 2.32. The molecule has 15 heavy (non-hydrogen) atoms. The molecule has 1 N–H and O–H groups in total. The van der Waals surface area contributed by atoms with Crippen molar-refractivity contribution in [2.24, 2.45) is 0 Å². The Hall–Kier alpha value is -1.19. The highest BCUT2D eigenvalue weighted by atomic mass is 35.5. The van der Waals surface area contributed by atoms with E-state index in [-0.39, 0.29) is 6.61 Å². The summed E-state index contributed by atoms with van der Waals surface area (Å²) in [5, 5.41) is 9.56. The molecular weight excluding hydrogens is 216 g/mol. The van der Waals surface area contributed by atoms with Crippen LogP contribution in [0.2, 0.25) is 5.02 Å². The summed E-state index contributed by atoms with van der Waals surface area (Å²) in [7, 11) is 1.54. The van der Waals surface area contributed by atoms with Crippen molar-refractivity contribution in [2.75, 3.05) is 13.7 Å². The molecule has 0 radical (unpaired) electrons. The van der Waals surface area contributed by atoms with Crippen LogP contribution in [0.15, 0.2) is 24.8 Å². The fraction of sp³-hybridized carbons (Fsp3) is 0.273. The summed E-state index contributed by atoms with van der Waals surface area (Å²) in [6.45, 7) is 3.73. The fourth-order valence-electron chi connectivity index (χ4n) is 1.14. The Balaban J connectivity index is 3.07. The Morgan fingerprint density at radius 1 is 1.53 bits per heavy atom. The van der Waals surface area contributed by atoms with Gasteiger partial charge in [-0.25, -0.2) is 0 Å². The molecule has 0 spiro atoms. The standard InChI is InChI=1S/C11H13ClO3/c1-3-4-15-11-6-8(14-2)5-10(12)9(11)7-13/h3,5-6,13H,1,4,7H2,2H3. The molecule has 1 aromatic carbocycles. The monoisotopic (exact) mass is 228 g/mol. The van der Waals surface area contributed by atoms with Crippen LogP contribution in [0.1, 0.15) is 5.56 Å². The summed E-state index contributed by atoms with van der Waals surface area (Å²) < 4.78 is 10.4. The van der Waals surface area contributed by atoms with Gasteiger partial charge in [0.2, 0.25) is 0 Å². The quantitative estimate of drug-likeness (QED) is 0.787. The fourth-order valence-corrected chi connectivity index (χ4v) is 1.40. The van der Waals surface area contributed by atoms with Crippen molar-refractivity contribution in [2.45, 2.75) is 6.61 Å². The smallest absolute Gasteiger partial charge is 0.130 e. The molecule has 0 saturated heterocycles. The Bertz CT molecular complexity index is 350. The molecular formula is C11H13ClO3. The number of rotatable bonds is 5. The Morgan fingerprint density at radius 3 is 2.80 bits per heavy atom. The van der Waals surface area contributed by atoms with E-state index in [0.29, 0.717) is 28.7 Å². The summed E-state index contributed by atoms with van der Waals surface area (Å²) in [5.41, 5.74) is 0.555. The summed E-state index contributed by atoms with van der Waals surface area (Å²) in [6, 6.07) is 3.31. The van der Waals surface area contributed by atoms with Crippen molar-refractivity contribution in [3.63, 3.8) is 0 Å². The van der Waals surface area contributed by atoms with Crippen LogP contribution in [0.25, 0.3) is 0 Å². The van der Waals surface area contributed by atoms with E-state index in [1.54, 1.807) is 25.3 Å². The maximum absolute atomic E-state index is 9.13. The van der Waals surface area contributed by atoms with E-state index in [0.717, 1.165) is 0 Å². The maximum Gasteiger partial charge on any atom is 0.130 e. The van der Waals surface area contributed by atoms with Crippen LogP contribution >= 0.6 is 11.6 Å². The molecule has 0 bridgehead atoms. The lowest BCUT2D eigenvalue weighted by atomic mass is 10.2. The largest absolute Gasteiger partial charge is 0.497 e. The van der Waals surface area contributed by atoms with Crippen molar-refractivity contribution in [3.05, 3.63) is 35.4 Å². The maximum atomic E-state index is 9.13. The highest BCUT2D eigenvalue weighted by molar-refractivity contribution is 6.31. The molecule has 0 fully saturated rings. The zero-order chi connectivity index (χ0) is 11.3. The third-order valence-electron chi connectivity index (χ3n) is 1.88. The molecule has 0 aromatic heterocycles. The van der Waals surface area contributed by atoms with Gasteiger partial charge in [-0.2, -0.15) is 0 Å². The molecule has 0 atom stereocenters. The van der Waals surface area contributed by atoms with Crippen LogP contribution in [0.4, 0.5) is 0 Å². The van der Waals surface area contributed by atoms with Gasteiger partial charge >= 0.3 is 0 Å². The van der Waals surface area contributed by atoms with Crippen LogP contribution in [-0.4, -0.2) is 18.8 Å². The van der Waals surface area contributed by atoms with Gasteiger partial charge in [-0.15, -0.1) is 0 Å². The molecule has 3 nitrogen and oxygen atoms in total. The van der Waals surface area contributed by atoms with E-state index in [1.165, 1.54) is 0 Å². The van der Waals surface area contributed by atoms with Crippen LogP contribution < -0.4 is 9.47 Å². The number of hydrogen-bond donors (Lipinski definition) is 1. The van der Waals surface area contributed by atoms with Gasteiger partial charge in [-0.05, 0) is 6.07 Å². The van der Waals surface area contributed by atoms with Gasteiger partial charge in [0, 0.05) is 11.6 Å². The third kappa shape index (κ3) is 2.88. The highest BCUT2D eigenvalue weighted by Gasteiger charge is 2.10. The van der Waals surface area contributed by atoms with Crippen molar-refractivity contribution in [1.82, 2.24) is 0 Å². The second kappa shape index (κ2) is 5.63. The van der Waals surface area contributed by atoms with Crippen molar-refractivity contribution < 1.29 is 14.6 Å². The molecule has 1 rings (SSSR count). The van der Waals surface area contributed by atoms with Gasteiger partial charge < -0.3 is 14.6 Å². The van der Waals surface area contributed by atoms with Gasteiger partial charge in [0.15, 0.2) is 0 Å². The first kappa shape index (κ1) is 11.9. The molecule has 82 valence electrons. The van der Waals surface area contributed by atoms with Crippen molar-refractivity contribution >= 4 is 11.6 Å². The number of hydrogen-bond acceptors (Lipinski definition) is 3. The second-order valence-corrected chi connectivity index (χ2v) is 3.25. The number of methoxy groups -OCH3 is 1. The van der Waals surface area contributed by atoms with Crippen LogP contribution in [0, 0.1) is 0 Å². The van der Waals surface area contributed by atoms with E-state index in [9.17, 15) is 0 Å². The second-order valence-electron chi connectivity index (χ2n) is 2.84. The molecule has 1 aromatic rings. The van der Waals surface area contributed by atoms with Crippen molar-refractivity contribution in [3.8, 4) is 11.5 Å². The van der Waals surface area contributed by atoms with E-state index in [2.05, 4.69) is 6.58 Å². The Morgan fingerprint density at radius 2 is 2.27 bits per heavy atom. The Kier molecular flexibility index (Phi) is 4.46. The van der Waals surface area contributed by atoms with E-state index in [1.807, 2.05) is 0 Å². The number of aliphatic hydroxyl groups excluding tert-OH is 1. The third-order valence-corrected chi connectivity index (χ3v) is 2.22. The van der Waals surface area contributed by atoms with E-state index < -0.39 is 0 Å². The minimum Gasteiger partial charge on any atom is -0.497 e. The zero-order valence-corrected chi connectivity index (χ0v) is 9.25. The topological polar surface area (TPSA) is 38.7 Å². The first-order valence-electron chi connectivity index (χ1n) is 4.44. The predicted molar refractivity (Wildman–Crippen MR) is 59.6 cm³/mol. The molecule has 0 saturated carbocycles. The number of halogens is 1. The molecule has 0 aliphatic carbocycles. The summed E-state index contributed by atoms with van der Waals surface area (Å²) in [4.78, 5) is 0. The normalized spacial score (nSPS) is 9.80. The summed E-state index contributed by atoms with van der Waals surface area (Å²) >= 11 is 5.95. The van der Waals surface area contributed by atoms with Gasteiger partial charge in [-0.3, -0.25) is 0 Å². The van der Waals surface area contributed by atoms with Crippen LogP contribution in [0.3, 0.4) is 0 Å². The SMILES string of the molecule is C=CCOc1cc(OC)cc(Cl)c1CO. The molecule has 0 aliphatic heterocycles. The molecule has 0 heterocycles. The Labute approximate surface area is 93.9 Å². The van der Waals surface area contributed by atoms with Gasteiger partial charge in [0.1, 0.15) is 18.1 Å². The number of ether oxygens (including phenoxy) is 2. The predicted octanol–water partition coefficient (Wildman–Crippen LogP) is 2.41. The summed E-state index contributed by atoms with van der Waals surface area (Å²) in [5.74, 6) is 1.11. The van der Waals surface area contributed by atoms with Crippen LogP contribution in [-0.2, 0) is 6.61 Å². The lowest BCUT2D eigenvalue weighted by Crippen LogP contribution is -1.99. The molecule has 0 amide bonds. The van der Waals surface area contributed by atoms with Gasteiger partial charge in [0.05, 0.1) is 18.7 Å². The lowest BCUT2D eigenvalue weighted by molar-refractivity contribution is 0.269. The first-order chi connectivity index (χ1) is 7.22. The molecule has 4 heteroatoms. The van der Waals surface area contributed by atoms with Gasteiger partial charge in [-0.1, -0.05) is 24.3 Å². The van der Waals surface area contributed by atoms with E-state index >= 15 is 0 Å². The molecule has 0 unspecified atom stereocenters. The minimum absolute atomic E-state index is 0.171. The number of benzene rings is 1. The number of aliphatic hydroxyl groups is 1. The van der Waals surface area contributed by atoms with Gasteiger partial charge in [0.25, 0.3) is 0 Å². The zero-order valence-electron chi connectivity index (χ0n) is 8.50. The minimum atomic E-state index is -0.171. The average molecular weight is 229 g/mol. The summed E-state index contributed by atoms with van der Waals surface area (Å²) in [6.07, 6.45) is 1.62. The van der Waals surface area contributed by atoms with E-state index in [4.69, 9.17) is 26.2 Å². The van der Waals surface area contributed by atoms with Crippen molar-refractivity contribution in [1.29, 1.82) is 0 Å². The molecule has 0 aliphatic rings.